The summed E-state index contributed by atoms with van der Waals surface area (Å²) in [6, 6.07) is 12.4. The Labute approximate surface area is 193 Å². The van der Waals surface area contributed by atoms with Crippen molar-refractivity contribution in [3.05, 3.63) is 53.6 Å². The molecule has 30 heavy (non-hydrogen) atoms. The number of carbonyl (C=O) groups excluding carboxylic acids is 1. The maximum Gasteiger partial charge on any atom is 0.255 e. The monoisotopic (exact) mass is 526 g/mol. The van der Waals surface area contributed by atoms with E-state index in [-0.39, 0.29) is 48.0 Å². The van der Waals surface area contributed by atoms with Crippen LogP contribution in [0.15, 0.2) is 47.5 Å². The fraction of sp³-hybridized carbons (Fsp3) is 0.333. The second-order valence-electron chi connectivity index (χ2n) is 6.40. The summed E-state index contributed by atoms with van der Waals surface area (Å²) in [6.45, 7) is 4.52. The smallest absolute Gasteiger partial charge is 0.255 e. The molecule has 0 spiro atoms. The van der Waals surface area contributed by atoms with Crippen molar-refractivity contribution in [2.45, 2.75) is 13.3 Å². The number of hydrogen-bond acceptors (Lipinski definition) is 5. The maximum atomic E-state index is 12.1. The van der Waals surface area contributed by atoms with Gasteiger partial charge in [0.25, 0.3) is 5.91 Å². The molecule has 0 bridgehead atoms. The van der Waals surface area contributed by atoms with E-state index in [1.807, 2.05) is 25.1 Å². The number of benzene rings is 2. The molecule has 0 unspecified atom stereocenters. The molecule has 3 rings (SSSR count). The number of guanidine groups is 1. The largest absolute Gasteiger partial charge is 0.507 e. The number of aliphatic imine (C=N–C) groups is 1. The van der Waals surface area contributed by atoms with Crippen molar-refractivity contribution in [3.8, 4) is 17.2 Å². The molecule has 8 nitrogen and oxygen atoms in total. The van der Waals surface area contributed by atoms with Crippen LogP contribution in [0.3, 0.4) is 0 Å². The van der Waals surface area contributed by atoms with Gasteiger partial charge in [0.15, 0.2) is 17.5 Å². The fourth-order valence-corrected chi connectivity index (χ4v) is 2.85. The fourth-order valence-electron chi connectivity index (χ4n) is 2.85. The summed E-state index contributed by atoms with van der Waals surface area (Å²) in [5.41, 5.74) is 1.39. The molecule has 9 heteroatoms. The molecule has 1 heterocycles. The Bertz CT molecular complexity index is 876. The van der Waals surface area contributed by atoms with E-state index in [1.54, 1.807) is 18.2 Å². The first-order valence-electron chi connectivity index (χ1n) is 9.64. The molecule has 162 valence electrons. The zero-order valence-electron chi connectivity index (χ0n) is 16.8. The average molecular weight is 526 g/mol. The SMILES string of the molecule is CCNC(=NCCc1ccc2c(c1)OCO2)NCCNC(=O)c1ccccc1O.I. The van der Waals surface area contributed by atoms with Crippen LogP contribution < -0.4 is 25.4 Å². The number of rotatable bonds is 8. The van der Waals surface area contributed by atoms with Crippen molar-refractivity contribution in [2.24, 2.45) is 4.99 Å². The highest BCUT2D eigenvalue weighted by Crippen LogP contribution is 2.32. The minimum atomic E-state index is -0.311. The van der Waals surface area contributed by atoms with Crippen LogP contribution in [-0.4, -0.2) is 49.9 Å². The lowest BCUT2D eigenvalue weighted by atomic mass is 10.1. The number of ether oxygens (including phenoxy) is 2. The summed E-state index contributed by atoms with van der Waals surface area (Å²) in [4.78, 5) is 16.6. The number of fused-ring (bicyclic) bond motifs is 1. The van der Waals surface area contributed by atoms with Crippen LogP contribution in [0.2, 0.25) is 0 Å². The lowest BCUT2D eigenvalue weighted by Gasteiger charge is -2.12. The molecule has 2 aromatic rings. The van der Waals surface area contributed by atoms with Gasteiger partial charge in [-0.05, 0) is 43.2 Å². The summed E-state index contributed by atoms with van der Waals surface area (Å²) in [5.74, 6) is 1.89. The number of phenolic OH excluding ortho intramolecular Hbond substituents is 1. The number of hydrogen-bond donors (Lipinski definition) is 4. The predicted molar refractivity (Wildman–Crippen MR) is 126 cm³/mol. The third-order valence-electron chi connectivity index (χ3n) is 4.30. The quantitative estimate of drug-likeness (QED) is 0.182. The predicted octanol–water partition coefficient (Wildman–Crippen LogP) is 2.27. The minimum absolute atomic E-state index is 0. The van der Waals surface area contributed by atoms with E-state index in [9.17, 15) is 9.90 Å². The molecule has 0 aliphatic carbocycles. The van der Waals surface area contributed by atoms with E-state index in [1.165, 1.54) is 6.07 Å². The van der Waals surface area contributed by atoms with Gasteiger partial charge in [-0.1, -0.05) is 18.2 Å². The highest BCUT2D eigenvalue weighted by atomic mass is 127. The topological polar surface area (TPSA) is 104 Å². The van der Waals surface area contributed by atoms with Gasteiger partial charge in [-0.15, -0.1) is 24.0 Å². The van der Waals surface area contributed by atoms with Gasteiger partial charge in [-0.3, -0.25) is 9.79 Å². The molecule has 1 amide bonds. The maximum absolute atomic E-state index is 12.1. The molecule has 1 aliphatic heterocycles. The molecule has 0 fully saturated rings. The molecule has 0 atom stereocenters. The highest BCUT2D eigenvalue weighted by molar-refractivity contribution is 14.0. The molecule has 0 aromatic heterocycles. The van der Waals surface area contributed by atoms with Crippen molar-refractivity contribution in [1.29, 1.82) is 0 Å². The van der Waals surface area contributed by atoms with Crippen LogP contribution >= 0.6 is 24.0 Å². The van der Waals surface area contributed by atoms with E-state index in [2.05, 4.69) is 20.9 Å². The lowest BCUT2D eigenvalue weighted by molar-refractivity contribution is 0.0951. The van der Waals surface area contributed by atoms with Crippen molar-refractivity contribution in [2.75, 3.05) is 33.0 Å². The number of halogens is 1. The van der Waals surface area contributed by atoms with Crippen LogP contribution in [0.4, 0.5) is 0 Å². The molecule has 0 radical (unpaired) electrons. The van der Waals surface area contributed by atoms with Crippen molar-refractivity contribution in [1.82, 2.24) is 16.0 Å². The number of para-hydroxylation sites is 1. The zero-order chi connectivity index (χ0) is 20.5. The van der Waals surface area contributed by atoms with Crippen LogP contribution in [0, 0.1) is 0 Å². The van der Waals surface area contributed by atoms with Crippen molar-refractivity contribution in [3.63, 3.8) is 0 Å². The normalized spacial score (nSPS) is 12.1. The third-order valence-corrected chi connectivity index (χ3v) is 4.30. The summed E-state index contributed by atoms with van der Waals surface area (Å²) in [6.07, 6.45) is 0.775. The van der Waals surface area contributed by atoms with Crippen LogP contribution in [0.1, 0.15) is 22.8 Å². The molecular weight excluding hydrogens is 499 g/mol. The van der Waals surface area contributed by atoms with Crippen molar-refractivity contribution < 1.29 is 19.4 Å². The average Bonchev–Trinajstić information content (AvgIpc) is 3.19. The Balaban J connectivity index is 0.00000320. The standard InChI is InChI=1S/C21H26N4O4.HI/c1-2-22-21(24-10-9-15-7-8-18-19(13-15)29-14-28-18)25-12-11-23-20(27)16-5-3-4-6-17(16)26;/h3-8,13,26H,2,9-12,14H2,1H3,(H,23,27)(H2,22,24,25);1H. The number of carbonyl (C=O) groups is 1. The van der Waals surface area contributed by atoms with Gasteiger partial charge >= 0.3 is 0 Å². The van der Waals surface area contributed by atoms with E-state index in [0.717, 1.165) is 30.0 Å². The Hall–Kier alpha value is -2.69. The van der Waals surface area contributed by atoms with Crippen LogP contribution in [0.25, 0.3) is 0 Å². The molecule has 0 saturated heterocycles. The first-order valence-corrected chi connectivity index (χ1v) is 9.64. The highest BCUT2D eigenvalue weighted by Gasteiger charge is 2.13. The first kappa shape index (κ1) is 23.6. The molecule has 4 N–H and O–H groups in total. The van der Waals surface area contributed by atoms with Gasteiger partial charge in [0, 0.05) is 26.2 Å². The molecule has 0 saturated carbocycles. The van der Waals surface area contributed by atoms with E-state index in [0.29, 0.717) is 25.6 Å². The van der Waals surface area contributed by atoms with E-state index in [4.69, 9.17) is 9.47 Å². The van der Waals surface area contributed by atoms with Gasteiger partial charge < -0.3 is 30.5 Å². The zero-order valence-corrected chi connectivity index (χ0v) is 19.1. The summed E-state index contributed by atoms with van der Waals surface area (Å²) in [5, 5.41) is 18.9. The van der Waals surface area contributed by atoms with Gasteiger partial charge in [0.2, 0.25) is 6.79 Å². The number of nitrogens with zero attached hydrogens (tertiary/aromatic N) is 1. The van der Waals surface area contributed by atoms with Crippen LogP contribution in [-0.2, 0) is 6.42 Å². The number of amides is 1. The second-order valence-corrected chi connectivity index (χ2v) is 6.40. The number of phenols is 1. The van der Waals surface area contributed by atoms with E-state index >= 15 is 0 Å². The van der Waals surface area contributed by atoms with Gasteiger partial charge in [-0.2, -0.15) is 0 Å². The Morgan fingerprint density at radius 1 is 1.07 bits per heavy atom. The number of nitrogens with one attached hydrogen (secondary N) is 3. The third kappa shape index (κ3) is 6.68. The second kappa shape index (κ2) is 12.1. The Kier molecular flexibility index (Phi) is 9.52. The first-order chi connectivity index (χ1) is 14.2. The van der Waals surface area contributed by atoms with Crippen LogP contribution in [0.5, 0.6) is 17.2 Å². The van der Waals surface area contributed by atoms with Gasteiger partial charge in [-0.25, -0.2) is 0 Å². The van der Waals surface area contributed by atoms with Gasteiger partial charge in [0.05, 0.1) is 5.56 Å². The Morgan fingerprint density at radius 3 is 2.63 bits per heavy atom. The number of aromatic hydroxyl groups is 1. The summed E-state index contributed by atoms with van der Waals surface area (Å²) < 4.78 is 10.7. The molecular formula is C21H27IN4O4. The minimum Gasteiger partial charge on any atom is -0.507 e. The van der Waals surface area contributed by atoms with Gasteiger partial charge in [0.1, 0.15) is 5.75 Å². The van der Waals surface area contributed by atoms with Crippen molar-refractivity contribution >= 4 is 35.8 Å². The Morgan fingerprint density at radius 2 is 1.83 bits per heavy atom. The lowest BCUT2D eigenvalue weighted by Crippen LogP contribution is -2.41. The molecule has 1 aliphatic rings. The summed E-state index contributed by atoms with van der Waals surface area (Å²) >= 11 is 0. The van der Waals surface area contributed by atoms with E-state index < -0.39 is 0 Å². The molecule has 2 aromatic carbocycles. The summed E-state index contributed by atoms with van der Waals surface area (Å²) in [7, 11) is 0.